The van der Waals surface area contributed by atoms with E-state index in [4.69, 9.17) is 5.11 Å². The Morgan fingerprint density at radius 2 is 2.25 bits per heavy atom. The second-order valence-electron chi connectivity index (χ2n) is 4.80. The van der Waals surface area contributed by atoms with Crippen LogP contribution in [0.4, 0.5) is 5.95 Å². The van der Waals surface area contributed by atoms with Crippen molar-refractivity contribution in [1.29, 1.82) is 0 Å². The molecule has 0 aromatic carbocycles. The highest BCUT2D eigenvalue weighted by atomic mass is 32.2. The maximum atomic E-state index is 9.05. The van der Waals surface area contributed by atoms with Crippen LogP contribution >= 0.6 is 23.1 Å². The second-order valence-corrected chi connectivity index (χ2v) is 7.46. The fourth-order valence-corrected chi connectivity index (χ4v) is 3.82. The molecule has 6 heteroatoms. The zero-order valence-electron chi connectivity index (χ0n) is 12.1. The molecule has 2 aromatic heterocycles. The molecule has 0 fully saturated rings. The van der Waals surface area contributed by atoms with Crippen molar-refractivity contribution in [1.82, 2.24) is 9.97 Å². The van der Waals surface area contributed by atoms with Gasteiger partial charge in [-0.25, -0.2) is 9.97 Å². The number of aliphatic hydroxyl groups is 1. The molecular formula is C14H21N3OS2. The van der Waals surface area contributed by atoms with Crippen molar-refractivity contribution in [2.24, 2.45) is 0 Å². The molecule has 1 unspecified atom stereocenters. The first-order valence-corrected chi connectivity index (χ1v) is 8.63. The highest BCUT2D eigenvalue weighted by Crippen LogP contribution is 2.34. The zero-order valence-corrected chi connectivity index (χ0v) is 13.8. The average Bonchev–Trinajstić information content (AvgIpc) is 2.77. The Kier molecular flexibility index (Phi) is 5.63. The lowest BCUT2D eigenvalue weighted by Crippen LogP contribution is -2.06. The molecule has 2 heterocycles. The molecule has 0 aliphatic rings. The van der Waals surface area contributed by atoms with Crippen LogP contribution in [0.1, 0.15) is 31.6 Å². The summed E-state index contributed by atoms with van der Waals surface area (Å²) in [5.74, 6) is 0.708. The lowest BCUT2D eigenvalue weighted by atomic mass is 10.3. The van der Waals surface area contributed by atoms with E-state index in [1.807, 2.05) is 0 Å². The van der Waals surface area contributed by atoms with Gasteiger partial charge >= 0.3 is 0 Å². The smallest absolute Gasteiger partial charge is 0.225 e. The third kappa shape index (κ3) is 3.84. The van der Waals surface area contributed by atoms with Gasteiger partial charge in [0.05, 0.1) is 0 Å². The quantitative estimate of drug-likeness (QED) is 0.603. The van der Waals surface area contributed by atoms with Gasteiger partial charge in [0.1, 0.15) is 9.86 Å². The first-order valence-electron chi connectivity index (χ1n) is 6.93. The van der Waals surface area contributed by atoms with Crippen LogP contribution in [-0.4, -0.2) is 33.5 Å². The number of nitrogens with zero attached hydrogens (tertiary/aromatic N) is 2. The van der Waals surface area contributed by atoms with Gasteiger partial charge in [-0.05, 0) is 25.8 Å². The van der Waals surface area contributed by atoms with E-state index in [2.05, 4.69) is 42.1 Å². The van der Waals surface area contributed by atoms with Crippen LogP contribution in [0.25, 0.3) is 10.2 Å². The first kappa shape index (κ1) is 15.5. The molecule has 4 nitrogen and oxygen atoms in total. The standard InChI is InChI=1S/C14H21N3OS2/c1-4-6-15-14-16-12(19-9(2)5-7-18)11-8-10(3)20-13(11)17-14/h8-9,18H,4-7H2,1-3H3,(H,15,16,17). The van der Waals surface area contributed by atoms with E-state index in [1.54, 1.807) is 23.1 Å². The summed E-state index contributed by atoms with van der Waals surface area (Å²) in [5, 5.41) is 14.8. The van der Waals surface area contributed by atoms with Gasteiger partial charge < -0.3 is 10.4 Å². The Morgan fingerprint density at radius 3 is 2.95 bits per heavy atom. The van der Waals surface area contributed by atoms with Crippen molar-refractivity contribution in [2.45, 2.75) is 43.9 Å². The Morgan fingerprint density at radius 1 is 1.45 bits per heavy atom. The molecule has 110 valence electrons. The largest absolute Gasteiger partial charge is 0.396 e. The van der Waals surface area contributed by atoms with E-state index in [9.17, 15) is 0 Å². The van der Waals surface area contributed by atoms with E-state index in [0.29, 0.717) is 11.2 Å². The summed E-state index contributed by atoms with van der Waals surface area (Å²) in [6, 6.07) is 2.15. The van der Waals surface area contributed by atoms with E-state index in [1.165, 1.54) is 4.88 Å². The number of fused-ring (bicyclic) bond motifs is 1. The lowest BCUT2D eigenvalue weighted by molar-refractivity contribution is 0.289. The molecule has 20 heavy (non-hydrogen) atoms. The number of nitrogens with one attached hydrogen (secondary N) is 1. The van der Waals surface area contributed by atoms with E-state index in [0.717, 1.165) is 34.6 Å². The minimum atomic E-state index is 0.214. The fraction of sp³-hybridized carbons (Fsp3) is 0.571. The summed E-state index contributed by atoms with van der Waals surface area (Å²) in [4.78, 5) is 11.5. The van der Waals surface area contributed by atoms with Crippen molar-refractivity contribution in [3.8, 4) is 0 Å². The molecule has 0 radical (unpaired) electrons. The molecule has 2 N–H and O–H groups in total. The third-order valence-corrected chi connectivity index (χ3v) is 4.98. The second kappa shape index (κ2) is 7.24. The molecule has 2 rings (SSSR count). The Labute approximate surface area is 128 Å². The Balaban J connectivity index is 2.33. The summed E-state index contributed by atoms with van der Waals surface area (Å²) in [6.45, 7) is 7.43. The number of aromatic nitrogens is 2. The van der Waals surface area contributed by atoms with Crippen molar-refractivity contribution >= 4 is 39.3 Å². The average molecular weight is 311 g/mol. The number of thioether (sulfide) groups is 1. The van der Waals surface area contributed by atoms with Crippen LogP contribution in [0.3, 0.4) is 0 Å². The van der Waals surface area contributed by atoms with Gasteiger partial charge in [0.2, 0.25) is 5.95 Å². The van der Waals surface area contributed by atoms with E-state index in [-0.39, 0.29) is 6.61 Å². The van der Waals surface area contributed by atoms with Crippen LogP contribution in [0.15, 0.2) is 11.1 Å². The predicted molar refractivity (Wildman–Crippen MR) is 88.0 cm³/mol. The van der Waals surface area contributed by atoms with Crippen LogP contribution in [0.5, 0.6) is 0 Å². The summed E-state index contributed by atoms with van der Waals surface area (Å²) < 4.78 is 0. The Hall–Kier alpha value is -0.850. The predicted octanol–water partition coefficient (Wildman–Crippen LogP) is 3.68. The number of anilines is 1. The Bertz CT molecular complexity index is 571. The highest BCUT2D eigenvalue weighted by Gasteiger charge is 2.13. The topological polar surface area (TPSA) is 58.0 Å². The summed E-state index contributed by atoms with van der Waals surface area (Å²) in [5.41, 5.74) is 0. The summed E-state index contributed by atoms with van der Waals surface area (Å²) in [6.07, 6.45) is 1.82. The fourth-order valence-electron chi connectivity index (χ4n) is 1.85. The number of hydrogen-bond acceptors (Lipinski definition) is 6. The van der Waals surface area contributed by atoms with Crippen LogP contribution in [0.2, 0.25) is 0 Å². The molecule has 2 aromatic rings. The van der Waals surface area contributed by atoms with Gasteiger partial charge in [-0.3, -0.25) is 0 Å². The van der Waals surface area contributed by atoms with Crippen LogP contribution in [0, 0.1) is 6.92 Å². The van der Waals surface area contributed by atoms with Crippen molar-refractivity contribution < 1.29 is 5.11 Å². The third-order valence-electron chi connectivity index (χ3n) is 2.86. The summed E-state index contributed by atoms with van der Waals surface area (Å²) >= 11 is 3.41. The normalized spacial score (nSPS) is 12.8. The van der Waals surface area contributed by atoms with E-state index < -0.39 is 0 Å². The monoisotopic (exact) mass is 311 g/mol. The maximum absolute atomic E-state index is 9.05. The minimum absolute atomic E-state index is 0.214. The molecule has 0 bridgehead atoms. The van der Waals surface area contributed by atoms with Gasteiger partial charge in [-0.2, -0.15) is 0 Å². The molecule has 0 spiro atoms. The van der Waals surface area contributed by atoms with Crippen LogP contribution in [-0.2, 0) is 0 Å². The maximum Gasteiger partial charge on any atom is 0.225 e. The minimum Gasteiger partial charge on any atom is -0.396 e. The van der Waals surface area contributed by atoms with Gasteiger partial charge in [-0.1, -0.05) is 13.8 Å². The number of aryl methyl sites for hydroxylation is 1. The van der Waals surface area contributed by atoms with Crippen molar-refractivity contribution in [2.75, 3.05) is 18.5 Å². The molecule has 0 saturated carbocycles. The van der Waals surface area contributed by atoms with Crippen LogP contribution < -0.4 is 5.32 Å². The van der Waals surface area contributed by atoms with Crippen molar-refractivity contribution in [3.05, 3.63) is 10.9 Å². The highest BCUT2D eigenvalue weighted by molar-refractivity contribution is 8.00. The molecule has 0 aliphatic carbocycles. The number of hydrogen-bond donors (Lipinski definition) is 2. The van der Waals surface area contributed by atoms with E-state index >= 15 is 0 Å². The number of rotatable bonds is 7. The van der Waals surface area contributed by atoms with Gasteiger partial charge in [0.25, 0.3) is 0 Å². The van der Waals surface area contributed by atoms with Gasteiger partial charge in [0, 0.05) is 28.7 Å². The molecule has 0 saturated heterocycles. The van der Waals surface area contributed by atoms with Gasteiger partial charge in [0.15, 0.2) is 0 Å². The van der Waals surface area contributed by atoms with Gasteiger partial charge in [-0.15, -0.1) is 23.1 Å². The SMILES string of the molecule is CCCNc1nc(SC(C)CCO)c2cc(C)sc2n1. The lowest BCUT2D eigenvalue weighted by Gasteiger charge is -2.11. The molecule has 0 amide bonds. The molecular weight excluding hydrogens is 290 g/mol. The molecule has 1 atom stereocenters. The number of thiophene rings is 1. The molecule has 0 aliphatic heterocycles. The summed E-state index contributed by atoms with van der Waals surface area (Å²) in [7, 11) is 0. The number of aliphatic hydroxyl groups excluding tert-OH is 1. The zero-order chi connectivity index (χ0) is 14.5. The first-order chi connectivity index (χ1) is 9.63. The van der Waals surface area contributed by atoms with Crippen molar-refractivity contribution in [3.63, 3.8) is 0 Å².